The predicted molar refractivity (Wildman–Crippen MR) is 80.9 cm³/mol. The highest BCUT2D eigenvalue weighted by atomic mass is 127. The van der Waals surface area contributed by atoms with E-state index >= 15 is 0 Å². The summed E-state index contributed by atoms with van der Waals surface area (Å²) in [6.45, 7) is 0.709. The number of hydrogen-bond donors (Lipinski definition) is 0. The van der Waals surface area contributed by atoms with Crippen molar-refractivity contribution in [2.45, 2.75) is 44.3 Å². The van der Waals surface area contributed by atoms with Crippen molar-refractivity contribution >= 4 is 34.2 Å². The maximum Gasteiger partial charge on any atom is 0.0776 e. The van der Waals surface area contributed by atoms with Crippen molar-refractivity contribution in [3.05, 3.63) is 34.9 Å². The zero-order valence-electron chi connectivity index (χ0n) is 9.92. The van der Waals surface area contributed by atoms with E-state index in [1.165, 1.54) is 37.7 Å². The van der Waals surface area contributed by atoms with Gasteiger partial charge in [-0.05, 0) is 30.5 Å². The molecule has 3 heteroatoms. The van der Waals surface area contributed by atoms with E-state index in [1.807, 2.05) is 24.3 Å². The van der Waals surface area contributed by atoms with Gasteiger partial charge in [0.05, 0.1) is 12.2 Å². The Labute approximate surface area is 122 Å². The number of alkyl halides is 1. The first-order chi connectivity index (χ1) is 8.24. The van der Waals surface area contributed by atoms with Crippen LogP contribution in [0.1, 0.15) is 37.7 Å². The topological polar surface area (TPSA) is 9.23 Å². The molecule has 0 aromatic heterocycles. The summed E-state index contributed by atoms with van der Waals surface area (Å²) < 4.78 is 7.29. The van der Waals surface area contributed by atoms with Gasteiger partial charge in [-0.3, -0.25) is 0 Å². The Kier molecular flexibility index (Phi) is 5.12. The molecular formula is C14H18ClIO. The molecule has 1 saturated carbocycles. The fraction of sp³-hybridized carbons (Fsp3) is 0.571. The van der Waals surface area contributed by atoms with Gasteiger partial charge in [0.2, 0.25) is 0 Å². The van der Waals surface area contributed by atoms with Crippen molar-refractivity contribution in [1.82, 2.24) is 0 Å². The number of hydrogen-bond acceptors (Lipinski definition) is 1. The summed E-state index contributed by atoms with van der Waals surface area (Å²) in [7, 11) is 0. The van der Waals surface area contributed by atoms with Crippen LogP contribution in [-0.2, 0) is 11.3 Å². The van der Waals surface area contributed by atoms with Crippen molar-refractivity contribution in [1.29, 1.82) is 0 Å². The summed E-state index contributed by atoms with van der Waals surface area (Å²) in [5, 5.41) is 0.787. The van der Waals surface area contributed by atoms with Gasteiger partial charge in [-0.15, -0.1) is 0 Å². The van der Waals surface area contributed by atoms with E-state index < -0.39 is 0 Å². The lowest BCUT2D eigenvalue weighted by molar-refractivity contribution is -0.0607. The molecule has 0 N–H and O–H groups in total. The molecule has 1 aliphatic rings. The molecule has 1 aromatic rings. The van der Waals surface area contributed by atoms with Crippen molar-refractivity contribution in [2.75, 3.05) is 4.43 Å². The van der Waals surface area contributed by atoms with Crippen LogP contribution in [0.2, 0.25) is 5.02 Å². The first-order valence-corrected chi connectivity index (χ1v) is 8.09. The largest absolute Gasteiger partial charge is 0.370 e. The smallest absolute Gasteiger partial charge is 0.0776 e. The zero-order valence-corrected chi connectivity index (χ0v) is 12.8. The van der Waals surface area contributed by atoms with Gasteiger partial charge in [0.25, 0.3) is 0 Å². The minimum atomic E-state index is 0.123. The average molecular weight is 365 g/mol. The first kappa shape index (κ1) is 13.6. The lowest BCUT2D eigenvalue weighted by Gasteiger charge is -2.35. The van der Waals surface area contributed by atoms with Crippen LogP contribution in [0.5, 0.6) is 0 Å². The molecule has 94 valence electrons. The number of benzene rings is 1. The van der Waals surface area contributed by atoms with Gasteiger partial charge in [0, 0.05) is 9.45 Å². The average Bonchev–Trinajstić information content (AvgIpc) is 2.39. The molecule has 0 spiro atoms. The van der Waals surface area contributed by atoms with Crippen LogP contribution in [0.15, 0.2) is 24.3 Å². The molecule has 0 saturated heterocycles. The van der Waals surface area contributed by atoms with Crippen LogP contribution >= 0.6 is 34.2 Å². The second kappa shape index (κ2) is 6.39. The minimum absolute atomic E-state index is 0.123. The quantitative estimate of drug-likeness (QED) is 0.540. The summed E-state index contributed by atoms with van der Waals surface area (Å²) >= 11 is 8.33. The Balaban J connectivity index is 1.93. The normalized spacial score (nSPS) is 19.2. The second-order valence-corrected chi connectivity index (χ2v) is 5.99. The Morgan fingerprint density at radius 2 is 1.76 bits per heavy atom. The van der Waals surface area contributed by atoms with E-state index in [0.717, 1.165) is 9.45 Å². The lowest BCUT2D eigenvalue weighted by atomic mass is 9.86. The summed E-state index contributed by atoms with van der Waals surface area (Å²) in [6.07, 6.45) is 6.41. The highest BCUT2D eigenvalue weighted by molar-refractivity contribution is 14.1. The van der Waals surface area contributed by atoms with Gasteiger partial charge in [0.15, 0.2) is 0 Å². The van der Waals surface area contributed by atoms with Crippen LogP contribution in [0.4, 0.5) is 0 Å². The molecule has 1 aliphatic carbocycles. The fourth-order valence-corrected chi connectivity index (χ4v) is 3.44. The highest BCUT2D eigenvalue weighted by Crippen LogP contribution is 2.34. The molecule has 0 atom stereocenters. The van der Waals surface area contributed by atoms with Gasteiger partial charge in [-0.1, -0.05) is 65.6 Å². The molecule has 17 heavy (non-hydrogen) atoms. The first-order valence-electron chi connectivity index (χ1n) is 6.18. The molecule has 1 aromatic carbocycles. The van der Waals surface area contributed by atoms with E-state index in [2.05, 4.69) is 22.6 Å². The molecule has 2 rings (SSSR count). The molecule has 0 unspecified atom stereocenters. The van der Waals surface area contributed by atoms with Gasteiger partial charge < -0.3 is 4.74 Å². The molecule has 0 amide bonds. The number of rotatable bonds is 4. The fourth-order valence-electron chi connectivity index (χ4n) is 2.33. The Hall–Kier alpha value is 0.200. The van der Waals surface area contributed by atoms with Crippen molar-refractivity contribution in [2.24, 2.45) is 0 Å². The lowest BCUT2D eigenvalue weighted by Crippen LogP contribution is -2.36. The summed E-state index contributed by atoms with van der Waals surface area (Å²) in [6, 6.07) is 7.95. The molecule has 0 radical (unpaired) electrons. The molecular weight excluding hydrogens is 347 g/mol. The molecule has 1 nitrogen and oxygen atoms in total. The SMILES string of the molecule is Clc1ccc(COC2(CI)CCCCC2)cc1. The van der Waals surface area contributed by atoms with Crippen LogP contribution in [-0.4, -0.2) is 10.0 Å². The van der Waals surface area contributed by atoms with Gasteiger partial charge >= 0.3 is 0 Å². The number of ether oxygens (including phenoxy) is 1. The molecule has 0 aliphatic heterocycles. The second-order valence-electron chi connectivity index (χ2n) is 4.79. The molecule has 0 bridgehead atoms. The number of halogens is 2. The monoisotopic (exact) mass is 364 g/mol. The van der Waals surface area contributed by atoms with E-state index in [0.29, 0.717) is 6.61 Å². The Morgan fingerprint density at radius 3 is 2.35 bits per heavy atom. The third-order valence-electron chi connectivity index (χ3n) is 3.47. The zero-order chi connectivity index (χ0) is 12.1. The van der Waals surface area contributed by atoms with Gasteiger partial charge in [-0.25, -0.2) is 0 Å². The third kappa shape index (κ3) is 3.83. The Morgan fingerprint density at radius 1 is 1.12 bits per heavy atom. The molecule has 1 fully saturated rings. The summed E-state index contributed by atoms with van der Waals surface area (Å²) in [5.74, 6) is 0. The maximum atomic E-state index is 6.20. The standard InChI is InChI=1S/C14H18ClIO/c15-13-6-4-12(5-7-13)10-17-14(11-16)8-2-1-3-9-14/h4-7H,1-3,8-11H2. The van der Waals surface area contributed by atoms with Gasteiger partial charge in [-0.2, -0.15) is 0 Å². The maximum absolute atomic E-state index is 6.20. The van der Waals surface area contributed by atoms with E-state index in [1.54, 1.807) is 0 Å². The van der Waals surface area contributed by atoms with Crippen molar-refractivity contribution in [3.8, 4) is 0 Å². The van der Waals surface area contributed by atoms with Crippen molar-refractivity contribution in [3.63, 3.8) is 0 Å². The van der Waals surface area contributed by atoms with E-state index in [9.17, 15) is 0 Å². The van der Waals surface area contributed by atoms with Crippen LogP contribution in [0.3, 0.4) is 0 Å². The van der Waals surface area contributed by atoms with Crippen molar-refractivity contribution < 1.29 is 4.74 Å². The van der Waals surface area contributed by atoms with Crippen LogP contribution in [0.25, 0.3) is 0 Å². The predicted octanol–water partition coefficient (Wildman–Crippen LogP) is 4.99. The highest BCUT2D eigenvalue weighted by Gasteiger charge is 2.31. The molecule has 0 heterocycles. The third-order valence-corrected chi connectivity index (χ3v) is 5.11. The Bertz CT molecular complexity index is 344. The van der Waals surface area contributed by atoms with Crippen LogP contribution < -0.4 is 0 Å². The van der Waals surface area contributed by atoms with Gasteiger partial charge in [0.1, 0.15) is 0 Å². The van der Waals surface area contributed by atoms with E-state index in [4.69, 9.17) is 16.3 Å². The minimum Gasteiger partial charge on any atom is -0.370 e. The van der Waals surface area contributed by atoms with Crippen LogP contribution in [0, 0.1) is 0 Å². The van der Waals surface area contributed by atoms with E-state index in [-0.39, 0.29) is 5.60 Å². The summed E-state index contributed by atoms with van der Waals surface area (Å²) in [4.78, 5) is 0. The summed E-state index contributed by atoms with van der Waals surface area (Å²) in [5.41, 5.74) is 1.34.